The van der Waals surface area contributed by atoms with Gasteiger partial charge < -0.3 is 5.32 Å². The van der Waals surface area contributed by atoms with E-state index in [1.807, 2.05) is 12.1 Å². The number of hydrogen-bond donors (Lipinski definition) is 1. The maximum atomic E-state index is 14.2. The second-order valence-corrected chi connectivity index (χ2v) is 7.90. The van der Waals surface area contributed by atoms with E-state index in [4.69, 9.17) is 0 Å². The van der Waals surface area contributed by atoms with Gasteiger partial charge in [0, 0.05) is 10.5 Å². The van der Waals surface area contributed by atoms with Gasteiger partial charge in [-0.2, -0.15) is 0 Å². The van der Waals surface area contributed by atoms with E-state index in [2.05, 4.69) is 42.0 Å². The third kappa shape index (κ3) is 4.29. The SMILES string of the molecule is CCCNC(Cc1ccc(Br)cc1F)C1CCCC1(C)C. The Hall–Kier alpha value is -0.410. The predicted molar refractivity (Wildman–Crippen MR) is 91.0 cm³/mol. The minimum atomic E-state index is -0.0940. The van der Waals surface area contributed by atoms with E-state index in [9.17, 15) is 4.39 Å². The van der Waals surface area contributed by atoms with Crippen molar-refractivity contribution >= 4 is 15.9 Å². The van der Waals surface area contributed by atoms with E-state index in [0.29, 0.717) is 17.4 Å². The van der Waals surface area contributed by atoms with E-state index in [1.54, 1.807) is 6.07 Å². The molecule has 0 aliphatic heterocycles. The van der Waals surface area contributed by atoms with E-state index in [0.717, 1.165) is 29.4 Å². The summed E-state index contributed by atoms with van der Waals surface area (Å²) in [4.78, 5) is 0. The summed E-state index contributed by atoms with van der Waals surface area (Å²) >= 11 is 3.33. The highest BCUT2D eigenvalue weighted by molar-refractivity contribution is 9.10. The van der Waals surface area contributed by atoms with Crippen LogP contribution < -0.4 is 5.32 Å². The second kappa shape index (κ2) is 7.23. The van der Waals surface area contributed by atoms with Crippen LogP contribution in [0, 0.1) is 17.2 Å². The first-order valence-electron chi connectivity index (χ1n) is 8.11. The standard InChI is InChI=1S/C18H27BrFN/c1-4-10-21-17(15-6-5-9-18(15,2)3)11-13-7-8-14(19)12-16(13)20/h7-8,12,15,17,21H,4-6,9-11H2,1-3H3. The summed E-state index contributed by atoms with van der Waals surface area (Å²) in [5.41, 5.74) is 1.19. The molecule has 2 unspecified atom stereocenters. The predicted octanol–water partition coefficient (Wildman–Crippen LogP) is 5.33. The molecule has 118 valence electrons. The summed E-state index contributed by atoms with van der Waals surface area (Å²) in [6, 6.07) is 5.81. The van der Waals surface area contributed by atoms with Crippen LogP contribution in [0.4, 0.5) is 4.39 Å². The molecule has 21 heavy (non-hydrogen) atoms. The van der Waals surface area contributed by atoms with Gasteiger partial charge in [0.1, 0.15) is 5.82 Å². The smallest absolute Gasteiger partial charge is 0.127 e. The van der Waals surface area contributed by atoms with Gasteiger partial charge in [0.25, 0.3) is 0 Å². The molecule has 2 atom stereocenters. The Morgan fingerprint density at radius 1 is 1.43 bits per heavy atom. The first-order chi connectivity index (χ1) is 9.94. The number of rotatable bonds is 6. The molecule has 0 aromatic heterocycles. The third-order valence-electron chi connectivity index (χ3n) is 4.94. The molecule has 2 rings (SSSR count). The van der Waals surface area contributed by atoms with Crippen LogP contribution in [0.15, 0.2) is 22.7 Å². The Morgan fingerprint density at radius 2 is 2.19 bits per heavy atom. The van der Waals surface area contributed by atoms with E-state index >= 15 is 0 Å². The Bertz CT molecular complexity index is 472. The quantitative estimate of drug-likeness (QED) is 0.727. The first-order valence-corrected chi connectivity index (χ1v) is 8.90. The fourth-order valence-corrected chi connectivity index (χ4v) is 4.04. The van der Waals surface area contributed by atoms with Gasteiger partial charge in [0.2, 0.25) is 0 Å². The molecule has 0 spiro atoms. The largest absolute Gasteiger partial charge is 0.313 e. The normalized spacial score (nSPS) is 22.4. The molecule has 1 N–H and O–H groups in total. The minimum Gasteiger partial charge on any atom is -0.313 e. The lowest BCUT2D eigenvalue weighted by molar-refractivity contribution is 0.195. The summed E-state index contributed by atoms with van der Waals surface area (Å²) in [6.45, 7) is 7.92. The molecule has 3 heteroatoms. The Morgan fingerprint density at radius 3 is 2.76 bits per heavy atom. The van der Waals surface area contributed by atoms with Crippen LogP contribution in [-0.2, 0) is 6.42 Å². The van der Waals surface area contributed by atoms with Gasteiger partial charge in [-0.25, -0.2) is 4.39 Å². The number of halogens is 2. The van der Waals surface area contributed by atoms with Crippen molar-refractivity contribution in [2.24, 2.45) is 11.3 Å². The third-order valence-corrected chi connectivity index (χ3v) is 5.43. The highest BCUT2D eigenvalue weighted by atomic mass is 79.9. The first kappa shape index (κ1) is 17.0. The number of nitrogens with one attached hydrogen (secondary N) is 1. The van der Waals surface area contributed by atoms with Crippen LogP contribution in [0.3, 0.4) is 0 Å². The number of hydrogen-bond acceptors (Lipinski definition) is 1. The van der Waals surface area contributed by atoms with Crippen LogP contribution in [0.2, 0.25) is 0 Å². The van der Waals surface area contributed by atoms with Crippen molar-refractivity contribution < 1.29 is 4.39 Å². The molecule has 0 bridgehead atoms. The van der Waals surface area contributed by atoms with Gasteiger partial charge in [-0.1, -0.05) is 49.2 Å². The van der Waals surface area contributed by atoms with Crippen LogP contribution in [0.25, 0.3) is 0 Å². The van der Waals surface area contributed by atoms with Crippen molar-refractivity contribution in [1.29, 1.82) is 0 Å². The molecular weight excluding hydrogens is 329 g/mol. The molecule has 0 saturated heterocycles. The molecule has 1 aromatic rings. The molecule has 1 aliphatic carbocycles. The lowest BCUT2D eigenvalue weighted by Gasteiger charge is -2.35. The summed E-state index contributed by atoms with van der Waals surface area (Å²) in [5, 5.41) is 3.68. The van der Waals surface area contributed by atoms with E-state index < -0.39 is 0 Å². The van der Waals surface area contributed by atoms with Crippen LogP contribution in [0.5, 0.6) is 0 Å². The van der Waals surface area contributed by atoms with Crippen LogP contribution in [0.1, 0.15) is 52.0 Å². The fourth-order valence-electron chi connectivity index (χ4n) is 3.71. The van der Waals surface area contributed by atoms with E-state index in [-0.39, 0.29) is 5.82 Å². The van der Waals surface area contributed by atoms with Crippen molar-refractivity contribution in [3.05, 3.63) is 34.1 Å². The monoisotopic (exact) mass is 355 g/mol. The Kier molecular flexibility index (Phi) is 5.84. The zero-order valence-corrected chi connectivity index (χ0v) is 15.0. The zero-order valence-electron chi connectivity index (χ0n) is 13.4. The van der Waals surface area contributed by atoms with Crippen molar-refractivity contribution in [2.75, 3.05) is 6.54 Å². The molecular formula is C18H27BrFN. The summed E-state index contributed by atoms with van der Waals surface area (Å²) < 4.78 is 15.0. The average Bonchev–Trinajstić information content (AvgIpc) is 2.76. The van der Waals surface area contributed by atoms with Crippen LogP contribution in [-0.4, -0.2) is 12.6 Å². The Balaban J connectivity index is 2.16. The molecule has 1 aliphatic rings. The van der Waals surface area contributed by atoms with Gasteiger partial charge >= 0.3 is 0 Å². The summed E-state index contributed by atoms with van der Waals surface area (Å²) in [6.07, 6.45) is 5.74. The molecule has 0 heterocycles. The van der Waals surface area contributed by atoms with Gasteiger partial charge in [-0.05, 0) is 61.3 Å². The van der Waals surface area contributed by atoms with Gasteiger partial charge in [-0.3, -0.25) is 0 Å². The molecule has 1 aromatic carbocycles. The van der Waals surface area contributed by atoms with Gasteiger partial charge in [-0.15, -0.1) is 0 Å². The van der Waals surface area contributed by atoms with Crippen LogP contribution >= 0.6 is 15.9 Å². The maximum Gasteiger partial charge on any atom is 0.127 e. The lowest BCUT2D eigenvalue weighted by atomic mass is 9.76. The zero-order chi connectivity index (χ0) is 15.5. The van der Waals surface area contributed by atoms with Gasteiger partial charge in [0.05, 0.1) is 0 Å². The molecule has 1 nitrogen and oxygen atoms in total. The highest BCUT2D eigenvalue weighted by Crippen LogP contribution is 2.45. The maximum absolute atomic E-state index is 14.2. The minimum absolute atomic E-state index is 0.0940. The molecule has 0 radical (unpaired) electrons. The van der Waals surface area contributed by atoms with Gasteiger partial charge in [0.15, 0.2) is 0 Å². The topological polar surface area (TPSA) is 12.0 Å². The highest BCUT2D eigenvalue weighted by Gasteiger charge is 2.39. The molecule has 0 amide bonds. The van der Waals surface area contributed by atoms with Crippen molar-refractivity contribution in [1.82, 2.24) is 5.32 Å². The second-order valence-electron chi connectivity index (χ2n) is 6.99. The fraction of sp³-hybridized carbons (Fsp3) is 0.667. The molecule has 1 saturated carbocycles. The van der Waals surface area contributed by atoms with Crippen molar-refractivity contribution in [3.8, 4) is 0 Å². The lowest BCUT2D eigenvalue weighted by Crippen LogP contribution is -2.42. The van der Waals surface area contributed by atoms with Crippen molar-refractivity contribution in [3.63, 3.8) is 0 Å². The van der Waals surface area contributed by atoms with Crippen molar-refractivity contribution in [2.45, 2.75) is 58.9 Å². The molecule has 1 fully saturated rings. The summed E-state index contributed by atoms with van der Waals surface area (Å²) in [7, 11) is 0. The average molecular weight is 356 g/mol. The summed E-state index contributed by atoms with van der Waals surface area (Å²) in [5.74, 6) is 0.538. The Labute approximate surface area is 136 Å². The van der Waals surface area contributed by atoms with E-state index in [1.165, 1.54) is 19.3 Å². The number of benzene rings is 1.